The van der Waals surface area contributed by atoms with Crippen LogP contribution in [0.3, 0.4) is 0 Å². The summed E-state index contributed by atoms with van der Waals surface area (Å²) in [6, 6.07) is 0. The molecule has 0 radical (unpaired) electrons. The van der Waals surface area contributed by atoms with Gasteiger partial charge in [0.15, 0.2) is 0 Å². The molecule has 2 aliphatic rings. The van der Waals surface area contributed by atoms with Gasteiger partial charge in [0.05, 0.1) is 0 Å². The molecule has 0 saturated heterocycles. The lowest BCUT2D eigenvalue weighted by Gasteiger charge is -2.03. The van der Waals surface area contributed by atoms with Crippen LogP contribution in [0.25, 0.3) is 0 Å². The van der Waals surface area contributed by atoms with E-state index in [0.717, 1.165) is 12.8 Å². The summed E-state index contributed by atoms with van der Waals surface area (Å²) in [7, 11) is 0. The van der Waals surface area contributed by atoms with Gasteiger partial charge in [0, 0.05) is 0 Å². The van der Waals surface area contributed by atoms with E-state index in [9.17, 15) is 0 Å². The molecule has 2 aliphatic carbocycles. The van der Waals surface area contributed by atoms with E-state index in [0.29, 0.717) is 0 Å². The summed E-state index contributed by atoms with van der Waals surface area (Å²) in [6.45, 7) is 6.72. The van der Waals surface area contributed by atoms with Gasteiger partial charge >= 0.3 is 0 Å². The molecule has 0 heterocycles. The van der Waals surface area contributed by atoms with Gasteiger partial charge < -0.3 is 0 Å². The number of hydrogen-bond donors (Lipinski definition) is 0. The third-order valence-electron chi connectivity index (χ3n) is 3.22. The molecule has 0 atom stereocenters. The number of hydrogen-bond acceptors (Lipinski definition) is 0. The third-order valence-corrected chi connectivity index (χ3v) is 3.22. The standard InChI is InChI=1S/C13H16/c1-9-8-13(11(3)10(9)2)12-6-4-5-7-12/h4,6-7H,5,8H2,1-3H3. The molecule has 13 heavy (non-hydrogen) atoms. The molecule has 0 N–H and O–H groups in total. The van der Waals surface area contributed by atoms with Crippen LogP contribution in [0.15, 0.2) is 46.1 Å². The van der Waals surface area contributed by atoms with Crippen LogP contribution in [-0.2, 0) is 0 Å². The Morgan fingerprint density at radius 1 is 1.08 bits per heavy atom. The van der Waals surface area contributed by atoms with Gasteiger partial charge in [0.1, 0.15) is 0 Å². The Labute approximate surface area is 80.3 Å². The van der Waals surface area contributed by atoms with E-state index >= 15 is 0 Å². The summed E-state index contributed by atoms with van der Waals surface area (Å²) in [5, 5.41) is 0. The van der Waals surface area contributed by atoms with Gasteiger partial charge in [-0.25, -0.2) is 0 Å². The molecule has 0 aliphatic heterocycles. The van der Waals surface area contributed by atoms with Gasteiger partial charge in [-0.05, 0) is 55.9 Å². The van der Waals surface area contributed by atoms with Gasteiger partial charge in [-0.1, -0.05) is 23.8 Å². The van der Waals surface area contributed by atoms with Gasteiger partial charge in [-0.15, -0.1) is 0 Å². The minimum atomic E-state index is 1.12. The molecule has 0 spiro atoms. The Hall–Kier alpha value is -1.04. The summed E-state index contributed by atoms with van der Waals surface area (Å²) < 4.78 is 0. The normalized spacial score (nSPS) is 21.9. The average molecular weight is 172 g/mol. The minimum Gasteiger partial charge on any atom is -0.0801 e. The van der Waals surface area contributed by atoms with Crippen LogP contribution in [0.2, 0.25) is 0 Å². The summed E-state index contributed by atoms with van der Waals surface area (Å²) in [4.78, 5) is 0. The predicted octanol–water partition coefficient (Wildman–Crippen LogP) is 3.93. The first-order valence-electron chi connectivity index (χ1n) is 4.93. The van der Waals surface area contributed by atoms with Crippen LogP contribution in [0.4, 0.5) is 0 Å². The van der Waals surface area contributed by atoms with E-state index in [1.807, 2.05) is 0 Å². The fraction of sp³-hybridized carbons (Fsp3) is 0.385. The first-order valence-corrected chi connectivity index (χ1v) is 4.93. The van der Waals surface area contributed by atoms with Crippen LogP contribution in [0, 0.1) is 0 Å². The minimum absolute atomic E-state index is 1.12. The zero-order valence-electron chi connectivity index (χ0n) is 8.65. The highest BCUT2D eigenvalue weighted by atomic mass is 14.2. The summed E-state index contributed by atoms with van der Waals surface area (Å²) in [6.07, 6.45) is 9.09. The molecule has 0 unspecified atom stereocenters. The molecule has 0 fully saturated rings. The second-order valence-electron chi connectivity index (χ2n) is 3.98. The van der Waals surface area contributed by atoms with Crippen molar-refractivity contribution in [3.63, 3.8) is 0 Å². The third kappa shape index (κ3) is 1.31. The molecule has 0 heteroatoms. The van der Waals surface area contributed by atoms with E-state index < -0.39 is 0 Å². The second kappa shape index (κ2) is 3.02. The van der Waals surface area contributed by atoms with E-state index in [1.54, 1.807) is 5.57 Å². The SMILES string of the molecule is CC1=C(C)C(C)=C(C2=CCC=C2)C1. The monoisotopic (exact) mass is 172 g/mol. The van der Waals surface area contributed by atoms with E-state index in [-0.39, 0.29) is 0 Å². The molecule has 0 aromatic heterocycles. The van der Waals surface area contributed by atoms with Crippen molar-refractivity contribution < 1.29 is 0 Å². The number of rotatable bonds is 1. The topological polar surface area (TPSA) is 0 Å². The Kier molecular flexibility index (Phi) is 1.99. The summed E-state index contributed by atoms with van der Waals surface area (Å²) in [5.41, 5.74) is 7.53. The summed E-state index contributed by atoms with van der Waals surface area (Å²) >= 11 is 0. The zero-order valence-corrected chi connectivity index (χ0v) is 8.65. The van der Waals surface area contributed by atoms with Crippen LogP contribution < -0.4 is 0 Å². The molecular formula is C13H16. The van der Waals surface area contributed by atoms with Gasteiger partial charge in [0.25, 0.3) is 0 Å². The molecule has 0 aromatic carbocycles. The Morgan fingerprint density at radius 2 is 1.85 bits per heavy atom. The highest BCUT2D eigenvalue weighted by Gasteiger charge is 2.17. The first-order chi connectivity index (χ1) is 6.20. The van der Waals surface area contributed by atoms with Gasteiger partial charge in [0.2, 0.25) is 0 Å². The lowest BCUT2D eigenvalue weighted by Crippen LogP contribution is -1.84. The van der Waals surface area contributed by atoms with E-state index in [2.05, 4.69) is 39.0 Å². The number of allylic oxidation sites excluding steroid dienone is 8. The predicted molar refractivity (Wildman–Crippen MR) is 57.5 cm³/mol. The van der Waals surface area contributed by atoms with Crippen molar-refractivity contribution in [3.8, 4) is 0 Å². The molecule has 0 nitrogen and oxygen atoms in total. The molecule has 0 saturated carbocycles. The first kappa shape index (κ1) is 8.55. The molecular weight excluding hydrogens is 156 g/mol. The maximum atomic E-state index is 2.32. The van der Waals surface area contributed by atoms with Gasteiger partial charge in [-0.3, -0.25) is 0 Å². The Bertz CT molecular complexity index is 359. The second-order valence-corrected chi connectivity index (χ2v) is 3.98. The Morgan fingerprint density at radius 3 is 2.31 bits per heavy atom. The largest absolute Gasteiger partial charge is 0.0801 e. The molecule has 68 valence electrons. The smallest absolute Gasteiger partial charge is 0.00555 e. The molecule has 0 amide bonds. The van der Waals surface area contributed by atoms with E-state index in [1.165, 1.54) is 22.3 Å². The van der Waals surface area contributed by atoms with Crippen molar-refractivity contribution in [2.75, 3.05) is 0 Å². The highest BCUT2D eigenvalue weighted by molar-refractivity contribution is 5.56. The average Bonchev–Trinajstić information content (AvgIpc) is 2.70. The van der Waals surface area contributed by atoms with Crippen molar-refractivity contribution in [2.24, 2.45) is 0 Å². The molecule has 0 aromatic rings. The maximum absolute atomic E-state index is 2.32. The fourth-order valence-corrected chi connectivity index (χ4v) is 2.08. The van der Waals surface area contributed by atoms with Crippen molar-refractivity contribution in [3.05, 3.63) is 46.1 Å². The summed E-state index contributed by atoms with van der Waals surface area (Å²) in [5.74, 6) is 0. The lowest BCUT2D eigenvalue weighted by atomic mass is 10.0. The lowest BCUT2D eigenvalue weighted by molar-refractivity contribution is 1.16. The van der Waals surface area contributed by atoms with Crippen LogP contribution in [0.5, 0.6) is 0 Å². The molecule has 2 rings (SSSR count). The van der Waals surface area contributed by atoms with Gasteiger partial charge in [-0.2, -0.15) is 0 Å². The van der Waals surface area contributed by atoms with Crippen LogP contribution in [-0.4, -0.2) is 0 Å². The zero-order chi connectivity index (χ0) is 9.42. The van der Waals surface area contributed by atoms with Crippen molar-refractivity contribution >= 4 is 0 Å². The van der Waals surface area contributed by atoms with Crippen molar-refractivity contribution in [2.45, 2.75) is 33.6 Å². The van der Waals surface area contributed by atoms with Crippen molar-refractivity contribution in [1.82, 2.24) is 0 Å². The van der Waals surface area contributed by atoms with Crippen LogP contribution in [0.1, 0.15) is 33.6 Å². The van der Waals surface area contributed by atoms with Crippen LogP contribution >= 0.6 is 0 Å². The Balaban J connectivity index is 2.35. The quantitative estimate of drug-likeness (QED) is 0.562. The maximum Gasteiger partial charge on any atom is -0.00555 e. The fourth-order valence-electron chi connectivity index (χ4n) is 2.08. The molecule has 0 bridgehead atoms. The highest BCUT2D eigenvalue weighted by Crippen LogP contribution is 2.37. The van der Waals surface area contributed by atoms with E-state index in [4.69, 9.17) is 0 Å². The van der Waals surface area contributed by atoms with Crippen molar-refractivity contribution in [1.29, 1.82) is 0 Å².